The van der Waals surface area contributed by atoms with Gasteiger partial charge in [0.25, 0.3) is 0 Å². The first-order valence-electron chi connectivity index (χ1n) is 7.73. The summed E-state index contributed by atoms with van der Waals surface area (Å²) >= 11 is 0. The van der Waals surface area contributed by atoms with Crippen LogP contribution in [0.2, 0.25) is 0 Å². The van der Waals surface area contributed by atoms with Crippen LogP contribution in [-0.2, 0) is 11.3 Å². The second kappa shape index (κ2) is 8.67. The highest BCUT2D eigenvalue weighted by atomic mass is 16.5. The number of nitrogens with two attached hydrogens (primary N) is 1. The Bertz CT molecular complexity index is 440. The molecule has 0 unspecified atom stereocenters. The molecule has 4 heteroatoms. The summed E-state index contributed by atoms with van der Waals surface area (Å²) in [5, 5.41) is 3.04. The van der Waals surface area contributed by atoms with Gasteiger partial charge in [-0.15, -0.1) is 0 Å². The molecule has 1 aromatic carbocycles. The Kier molecular flexibility index (Phi) is 7.23. The maximum Gasteiger partial charge on any atom is 0.227 e. The van der Waals surface area contributed by atoms with Crippen molar-refractivity contribution in [2.24, 2.45) is 11.1 Å². The van der Waals surface area contributed by atoms with Crippen LogP contribution in [0.3, 0.4) is 0 Å². The molecule has 0 aliphatic heterocycles. The van der Waals surface area contributed by atoms with Gasteiger partial charge in [0.05, 0.1) is 12.5 Å². The van der Waals surface area contributed by atoms with Crippen molar-refractivity contribution < 1.29 is 9.53 Å². The van der Waals surface area contributed by atoms with Gasteiger partial charge in [-0.05, 0) is 30.5 Å². The Morgan fingerprint density at radius 1 is 1.29 bits per heavy atom. The fraction of sp³-hybridized carbons (Fsp3) is 0.588. The first-order valence-corrected chi connectivity index (χ1v) is 7.73. The van der Waals surface area contributed by atoms with Gasteiger partial charge in [0.2, 0.25) is 5.91 Å². The lowest BCUT2D eigenvalue weighted by Gasteiger charge is -2.30. The first kappa shape index (κ1) is 17.5. The van der Waals surface area contributed by atoms with E-state index in [4.69, 9.17) is 10.5 Å². The minimum absolute atomic E-state index is 0.0662. The number of rotatable bonds is 9. The Hall–Kier alpha value is -1.55. The zero-order valence-corrected chi connectivity index (χ0v) is 13.4. The summed E-state index contributed by atoms with van der Waals surface area (Å²) in [7, 11) is 1.64. The molecular weight excluding hydrogens is 264 g/mol. The highest BCUT2D eigenvalue weighted by Crippen LogP contribution is 2.29. The third-order valence-electron chi connectivity index (χ3n) is 3.92. The van der Waals surface area contributed by atoms with Crippen molar-refractivity contribution in [1.82, 2.24) is 5.32 Å². The van der Waals surface area contributed by atoms with E-state index in [1.165, 1.54) is 0 Å². The van der Waals surface area contributed by atoms with Crippen LogP contribution >= 0.6 is 0 Å². The second-order valence-electron chi connectivity index (χ2n) is 5.52. The third kappa shape index (κ3) is 4.74. The van der Waals surface area contributed by atoms with Crippen LogP contribution in [0.4, 0.5) is 0 Å². The van der Waals surface area contributed by atoms with Crippen LogP contribution in [0, 0.1) is 5.41 Å². The molecule has 1 aromatic rings. The lowest BCUT2D eigenvalue weighted by atomic mass is 9.78. The zero-order valence-electron chi connectivity index (χ0n) is 13.4. The molecule has 21 heavy (non-hydrogen) atoms. The van der Waals surface area contributed by atoms with Crippen LogP contribution in [0.5, 0.6) is 5.75 Å². The molecule has 1 rings (SSSR count). The van der Waals surface area contributed by atoms with E-state index < -0.39 is 5.41 Å². The van der Waals surface area contributed by atoms with Crippen LogP contribution < -0.4 is 15.8 Å². The van der Waals surface area contributed by atoms with Crippen molar-refractivity contribution in [1.29, 1.82) is 0 Å². The standard InChI is InChI=1S/C17H28N2O2/c1-4-9-17(13-18,10-5-2)16(20)19-12-14-7-6-8-15(11-14)21-3/h6-8,11H,4-5,9-10,12-13,18H2,1-3H3,(H,19,20). The maximum atomic E-state index is 12.6. The SMILES string of the molecule is CCCC(CN)(CCC)C(=O)NCc1cccc(OC)c1. The molecule has 0 aliphatic rings. The average Bonchev–Trinajstić information content (AvgIpc) is 2.52. The van der Waals surface area contributed by atoms with Gasteiger partial charge in [-0.3, -0.25) is 4.79 Å². The number of nitrogens with one attached hydrogen (secondary N) is 1. The smallest absolute Gasteiger partial charge is 0.227 e. The summed E-state index contributed by atoms with van der Waals surface area (Å²) < 4.78 is 5.19. The molecule has 0 saturated carbocycles. The molecule has 0 aliphatic carbocycles. The predicted octanol–water partition coefficient (Wildman–Crippen LogP) is 2.86. The molecule has 0 saturated heterocycles. The van der Waals surface area contributed by atoms with Crippen molar-refractivity contribution in [3.8, 4) is 5.75 Å². The van der Waals surface area contributed by atoms with Crippen LogP contribution in [0.1, 0.15) is 45.1 Å². The van der Waals surface area contributed by atoms with E-state index in [2.05, 4.69) is 19.2 Å². The van der Waals surface area contributed by atoms with Gasteiger partial charge in [0.15, 0.2) is 0 Å². The van der Waals surface area contributed by atoms with E-state index in [9.17, 15) is 4.79 Å². The molecule has 0 fully saturated rings. The average molecular weight is 292 g/mol. The molecule has 4 nitrogen and oxygen atoms in total. The summed E-state index contributed by atoms with van der Waals surface area (Å²) in [5.74, 6) is 0.866. The van der Waals surface area contributed by atoms with E-state index in [0.717, 1.165) is 37.0 Å². The minimum atomic E-state index is -0.428. The molecule has 0 atom stereocenters. The number of hydrogen-bond donors (Lipinski definition) is 2. The molecule has 0 aromatic heterocycles. The fourth-order valence-electron chi connectivity index (χ4n) is 2.76. The molecule has 0 spiro atoms. The molecule has 1 amide bonds. The van der Waals surface area contributed by atoms with Crippen molar-refractivity contribution in [3.63, 3.8) is 0 Å². The Labute approximate surface area is 128 Å². The van der Waals surface area contributed by atoms with E-state index in [1.54, 1.807) is 7.11 Å². The highest BCUT2D eigenvalue weighted by Gasteiger charge is 2.34. The second-order valence-corrected chi connectivity index (χ2v) is 5.52. The van der Waals surface area contributed by atoms with Gasteiger partial charge < -0.3 is 15.8 Å². The molecule has 3 N–H and O–H groups in total. The third-order valence-corrected chi connectivity index (χ3v) is 3.92. The number of amides is 1. The molecule has 118 valence electrons. The van der Waals surface area contributed by atoms with Gasteiger partial charge >= 0.3 is 0 Å². The Morgan fingerprint density at radius 3 is 2.48 bits per heavy atom. The van der Waals surface area contributed by atoms with Crippen LogP contribution in [0.15, 0.2) is 24.3 Å². The molecule has 0 bridgehead atoms. The number of hydrogen-bond acceptors (Lipinski definition) is 3. The summed E-state index contributed by atoms with van der Waals surface area (Å²) in [5.41, 5.74) is 6.52. The van der Waals surface area contributed by atoms with Crippen molar-refractivity contribution in [2.45, 2.75) is 46.1 Å². The number of ether oxygens (including phenoxy) is 1. The summed E-state index contributed by atoms with van der Waals surface area (Å²) in [6.45, 7) is 5.09. The predicted molar refractivity (Wildman–Crippen MR) is 86.1 cm³/mol. The number of methoxy groups -OCH3 is 1. The summed E-state index contributed by atoms with van der Waals surface area (Å²) in [6.07, 6.45) is 3.59. The monoisotopic (exact) mass is 292 g/mol. The Morgan fingerprint density at radius 2 is 1.95 bits per heavy atom. The van der Waals surface area contributed by atoms with Gasteiger partial charge in [-0.2, -0.15) is 0 Å². The van der Waals surface area contributed by atoms with Crippen LogP contribution in [0.25, 0.3) is 0 Å². The van der Waals surface area contributed by atoms with Gasteiger partial charge in [-0.1, -0.05) is 38.8 Å². The van der Waals surface area contributed by atoms with Gasteiger partial charge in [0.1, 0.15) is 5.75 Å². The highest BCUT2D eigenvalue weighted by molar-refractivity contribution is 5.82. The summed E-state index contributed by atoms with van der Waals surface area (Å²) in [4.78, 5) is 12.6. The van der Waals surface area contributed by atoms with Crippen molar-refractivity contribution in [2.75, 3.05) is 13.7 Å². The largest absolute Gasteiger partial charge is 0.497 e. The van der Waals surface area contributed by atoms with Gasteiger partial charge in [-0.25, -0.2) is 0 Å². The first-order chi connectivity index (χ1) is 10.1. The Balaban J connectivity index is 2.72. The van der Waals surface area contributed by atoms with Crippen molar-refractivity contribution in [3.05, 3.63) is 29.8 Å². The number of carbonyl (C=O) groups excluding carboxylic acids is 1. The van der Waals surface area contributed by atoms with E-state index >= 15 is 0 Å². The van der Waals surface area contributed by atoms with E-state index in [1.807, 2.05) is 24.3 Å². The molecular formula is C17H28N2O2. The fourth-order valence-corrected chi connectivity index (χ4v) is 2.76. The number of benzene rings is 1. The lowest BCUT2D eigenvalue weighted by Crippen LogP contribution is -2.45. The molecule has 0 heterocycles. The molecule has 0 radical (unpaired) electrons. The normalized spacial score (nSPS) is 11.2. The lowest BCUT2D eigenvalue weighted by molar-refractivity contribution is -0.131. The van der Waals surface area contributed by atoms with E-state index in [0.29, 0.717) is 13.1 Å². The minimum Gasteiger partial charge on any atom is -0.497 e. The van der Waals surface area contributed by atoms with Crippen LogP contribution in [-0.4, -0.2) is 19.6 Å². The quantitative estimate of drug-likeness (QED) is 0.735. The summed E-state index contributed by atoms with van der Waals surface area (Å²) in [6, 6.07) is 7.73. The zero-order chi connectivity index (χ0) is 15.7. The van der Waals surface area contributed by atoms with E-state index in [-0.39, 0.29) is 5.91 Å². The maximum absolute atomic E-state index is 12.6. The topological polar surface area (TPSA) is 64.4 Å². The van der Waals surface area contributed by atoms with Gasteiger partial charge in [0, 0.05) is 13.1 Å². The number of carbonyl (C=O) groups is 1. The van der Waals surface area contributed by atoms with Crippen molar-refractivity contribution >= 4 is 5.91 Å².